The van der Waals surface area contributed by atoms with E-state index in [0.29, 0.717) is 23.7 Å². The monoisotopic (exact) mass is 283 g/mol. The number of benzene rings is 1. The van der Waals surface area contributed by atoms with E-state index in [4.69, 9.17) is 19.9 Å². The average molecular weight is 283 g/mol. The second-order valence-corrected chi connectivity index (χ2v) is 4.64. The molecule has 0 saturated heterocycles. The lowest BCUT2D eigenvalue weighted by molar-refractivity contribution is 0.263. The Balaban J connectivity index is 3.31. The van der Waals surface area contributed by atoms with Crippen molar-refractivity contribution < 1.29 is 19.3 Å². The van der Waals surface area contributed by atoms with E-state index in [1.165, 1.54) is 0 Å². The summed E-state index contributed by atoms with van der Waals surface area (Å²) in [5, 5.41) is 9.28. The third-order valence-corrected chi connectivity index (χ3v) is 3.56. The van der Waals surface area contributed by atoms with E-state index in [1.54, 1.807) is 27.4 Å². The Morgan fingerprint density at radius 1 is 1.05 bits per heavy atom. The van der Waals surface area contributed by atoms with E-state index in [9.17, 15) is 5.11 Å². The summed E-state index contributed by atoms with van der Waals surface area (Å²) < 4.78 is 16.0. The van der Waals surface area contributed by atoms with Gasteiger partial charge in [-0.05, 0) is 18.9 Å². The average Bonchev–Trinajstić information content (AvgIpc) is 2.50. The molecule has 0 saturated carbocycles. The molecule has 0 radical (unpaired) electrons. The molecule has 0 spiro atoms. The number of nitrogens with two attached hydrogens (primary N) is 1. The molecule has 0 aromatic heterocycles. The highest BCUT2D eigenvalue weighted by molar-refractivity contribution is 5.52. The Morgan fingerprint density at radius 3 is 2.05 bits per heavy atom. The molecule has 1 rings (SSSR count). The van der Waals surface area contributed by atoms with Crippen LogP contribution in [0.5, 0.6) is 17.2 Å². The SMILES string of the molecule is CCC(N)C(CCO)c1cc(OC)c(OC)cc1OC. The summed E-state index contributed by atoms with van der Waals surface area (Å²) in [6, 6.07) is 3.63. The van der Waals surface area contributed by atoms with Gasteiger partial charge < -0.3 is 25.1 Å². The van der Waals surface area contributed by atoms with Crippen LogP contribution in [0.3, 0.4) is 0 Å². The molecule has 0 aliphatic carbocycles. The number of methoxy groups -OCH3 is 3. The van der Waals surface area contributed by atoms with E-state index < -0.39 is 0 Å². The minimum atomic E-state index is -0.0471. The van der Waals surface area contributed by atoms with Crippen LogP contribution >= 0.6 is 0 Å². The molecule has 0 aliphatic rings. The minimum absolute atomic E-state index is 0.0137. The molecule has 1 aromatic rings. The highest BCUT2D eigenvalue weighted by atomic mass is 16.5. The summed E-state index contributed by atoms with van der Waals surface area (Å²) in [6.45, 7) is 2.11. The van der Waals surface area contributed by atoms with Crippen LogP contribution in [-0.4, -0.2) is 39.1 Å². The first-order chi connectivity index (χ1) is 9.62. The first-order valence-electron chi connectivity index (χ1n) is 6.79. The predicted octanol–water partition coefficient (Wildman–Crippen LogP) is 1.92. The van der Waals surface area contributed by atoms with E-state index in [1.807, 2.05) is 13.0 Å². The molecule has 0 heterocycles. The van der Waals surface area contributed by atoms with Crippen molar-refractivity contribution in [1.82, 2.24) is 0 Å². The van der Waals surface area contributed by atoms with Gasteiger partial charge in [0, 0.05) is 30.2 Å². The fraction of sp³-hybridized carbons (Fsp3) is 0.600. The second kappa shape index (κ2) is 7.97. The van der Waals surface area contributed by atoms with Crippen LogP contribution in [0.1, 0.15) is 31.2 Å². The Bertz CT molecular complexity index is 423. The van der Waals surface area contributed by atoms with Gasteiger partial charge in [0.25, 0.3) is 0 Å². The van der Waals surface area contributed by atoms with Gasteiger partial charge in [0.05, 0.1) is 21.3 Å². The van der Waals surface area contributed by atoms with Crippen molar-refractivity contribution in [3.8, 4) is 17.2 Å². The van der Waals surface area contributed by atoms with E-state index in [2.05, 4.69) is 0 Å². The summed E-state index contributed by atoms with van der Waals surface area (Å²) in [4.78, 5) is 0. The number of rotatable bonds is 8. The lowest BCUT2D eigenvalue weighted by Gasteiger charge is -2.25. The largest absolute Gasteiger partial charge is 0.496 e. The molecule has 0 amide bonds. The summed E-state index contributed by atoms with van der Waals surface area (Å²) in [6.07, 6.45) is 1.41. The molecule has 1 aromatic carbocycles. The molecule has 114 valence electrons. The summed E-state index contributed by atoms with van der Waals surface area (Å²) in [5.41, 5.74) is 7.12. The molecule has 0 bridgehead atoms. The van der Waals surface area contributed by atoms with Crippen molar-refractivity contribution in [2.75, 3.05) is 27.9 Å². The third-order valence-electron chi connectivity index (χ3n) is 3.56. The van der Waals surface area contributed by atoms with E-state index >= 15 is 0 Å². The van der Waals surface area contributed by atoms with Crippen LogP contribution in [0.2, 0.25) is 0 Å². The van der Waals surface area contributed by atoms with Gasteiger partial charge in [-0.3, -0.25) is 0 Å². The van der Waals surface area contributed by atoms with Crippen molar-refractivity contribution in [1.29, 1.82) is 0 Å². The summed E-state index contributed by atoms with van der Waals surface area (Å²) in [7, 11) is 4.78. The zero-order chi connectivity index (χ0) is 15.1. The van der Waals surface area contributed by atoms with Gasteiger partial charge in [-0.2, -0.15) is 0 Å². The van der Waals surface area contributed by atoms with Crippen LogP contribution in [0, 0.1) is 0 Å². The predicted molar refractivity (Wildman–Crippen MR) is 78.8 cm³/mol. The molecule has 0 fully saturated rings. The summed E-state index contributed by atoms with van der Waals surface area (Å²) >= 11 is 0. The fourth-order valence-corrected chi connectivity index (χ4v) is 2.37. The highest BCUT2D eigenvalue weighted by Crippen LogP contribution is 2.40. The van der Waals surface area contributed by atoms with Gasteiger partial charge in [0.2, 0.25) is 0 Å². The van der Waals surface area contributed by atoms with Gasteiger partial charge in [0.1, 0.15) is 5.75 Å². The van der Waals surface area contributed by atoms with Gasteiger partial charge in [-0.15, -0.1) is 0 Å². The molecule has 0 aliphatic heterocycles. The van der Waals surface area contributed by atoms with Crippen molar-refractivity contribution >= 4 is 0 Å². The van der Waals surface area contributed by atoms with Gasteiger partial charge in [-0.25, -0.2) is 0 Å². The third kappa shape index (κ3) is 3.55. The smallest absolute Gasteiger partial charge is 0.164 e. The van der Waals surface area contributed by atoms with Crippen molar-refractivity contribution in [2.45, 2.75) is 31.7 Å². The zero-order valence-electron chi connectivity index (χ0n) is 12.7. The Hall–Kier alpha value is -1.46. The topological polar surface area (TPSA) is 73.9 Å². The molecular weight excluding hydrogens is 258 g/mol. The fourth-order valence-electron chi connectivity index (χ4n) is 2.37. The van der Waals surface area contributed by atoms with E-state index in [-0.39, 0.29) is 18.6 Å². The number of ether oxygens (including phenoxy) is 3. The Labute approximate surface area is 120 Å². The van der Waals surface area contributed by atoms with Gasteiger partial charge in [0.15, 0.2) is 11.5 Å². The summed E-state index contributed by atoms with van der Waals surface area (Å²) in [5.74, 6) is 1.96. The first-order valence-corrected chi connectivity index (χ1v) is 6.79. The molecule has 5 heteroatoms. The quantitative estimate of drug-likeness (QED) is 0.762. The number of aliphatic hydroxyl groups is 1. The van der Waals surface area contributed by atoms with Crippen molar-refractivity contribution in [3.63, 3.8) is 0 Å². The molecular formula is C15H25NO4. The van der Waals surface area contributed by atoms with Crippen LogP contribution in [0.15, 0.2) is 12.1 Å². The standard InChI is InChI=1S/C15H25NO4/c1-5-12(16)10(6-7-17)11-8-14(19-3)15(20-4)9-13(11)18-2/h8-10,12,17H,5-7,16H2,1-4H3. The molecule has 20 heavy (non-hydrogen) atoms. The van der Waals surface area contributed by atoms with Crippen LogP contribution in [-0.2, 0) is 0 Å². The number of hydrogen-bond donors (Lipinski definition) is 2. The number of hydrogen-bond acceptors (Lipinski definition) is 5. The van der Waals surface area contributed by atoms with Crippen molar-refractivity contribution in [2.24, 2.45) is 5.73 Å². The van der Waals surface area contributed by atoms with Crippen LogP contribution in [0.4, 0.5) is 0 Å². The highest BCUT2D eigenvalue weighted by Gasteiger charge is 2.24. The molecule has 2 atom stereocenters. The zero-order valence-corrected chi connectivity index (χ0v) is 12.7. The van der Waals surface area contributed by atoms with Crippen molar-refractivity contribution in [3.05, 3.63) is 17.7 Å². The van der Waals surface area contributed by atoms with E-state index in [0.717, 1.165) is 12.0 Å². The van der Waals surface area contributed by atoms with Crippen LogP contribution < -0.4 is 19.9 Å². The normalized spacial score (nSPS) is 13.7. The Morgan fingerprint density at radius 2 is 1.60 bits per heavy atom. The lowest BCUT2D eigenvalue weighted by Crippen LogP contribution is -2.28. The first kappa shape index (κ1) is 16.6. The molecule has 5 nitrogen and oxygen atoms in total. The maximum atomic E-state index is 9.28. The molecule has 2 unspecified atom stereocenters. The Kier molecular flexibility index (Phi) is 6.61. The van der Waals surface area contributed by atoms with Crippen LogP contribution in [0.25, 0.3) is 0 Å². The van der Waals surface area contributed by atoms with Gasteiger partial charge in [-0.1, -0.05) is 6.92 Å². The number of aliphatic hydroxyl groups excluding tert-OH is 1. The lowest BCUT2D eigenvalue weighted by atomic mass is 9.87. The van der Waals surface area contributed by atoms with Gasteiger partial charge >= 0.3 is 0 Å². The minimum Gasteiger partial charge on any atom is -0.496 e. The molecule has 3 N–H and O–H groups in total. The maximum Gasteiger partial charge on any atom is 0.164 e. The maximum absolute atomic E-state index is 9.28. The second-order valence-electron chi connectivity index (χ2n) is 4.64.